The van der Waals surface area contributed by atoms with Gasteiger partial charge in [0.25, 0.3) is 11.8 Å². The third kappa shape index (κ3) is 4.03. The topological polar surface area (TPSA) is 81.8 Å². The molecule has 32 heavy (non-hydrogen) atoms. The monoisotopic (exact) mass is 433 g/mol. The molecule has 0 fully saturated rings. The first-order valence-electron chi connectivity index (χ1n) is 10.2. The number of rotatable bonds is 4. The second kappa shape index (κ2) is 8.03. The molecule has 0 spiro atoms. The molecule has 8 heteroatoms. The van der Waals surface area contributed by atoms with Crippen LogP contribution < -0.4 is 5.32 Å². The minimum atomic E-state index is -0.552. The van der Waals surface area contributed by atoms with Crippen LogP contribution in [-0.2, 0) is 13.6 Å². The van der Waals surface area contributed by atoms with Gasteiger partial charge in [0.05, 0.1) is 11.9 Å². The van der Waals surface area contributed by atoms with E-state index in [9.17, 15) is 14.0 Å². The van der Waals surface area contributed by atoms with Gasteiger partial charge in [0.2, 0.25) is 0 Å². The number of aryl methyl sites for hydroxylation is 1. The Kier molecular flexibility index (Phi) is 5.38. The number of amides is 1. The van der Waals surface area contributed by atoms with Crippen LogP contribution in [0.25, 0.3) is 22.3 Å². The molecule has 0 unspecified atom stereocenters. The quantitative estimate of drug-likeness (QED) is 0.523. The van der Waals surface area contributed by atoms with E-state index in [2.05, 4.69) is 15.4 Å². The van der Waals surface area contributed by atoms with Gasteiger partial charge in [-0.2, -0.15) is 5.10 Å². The Morgan fingerprint density at radius 1 is 1.12 bits per heavy atom. The van der Waals surface area contributed by atoms with Crippen LogP contribution in [0.5, 0.6) is 0 Å². The van der Waals surface area contributed by atoms with E-state index in [0.29, 0.717) is 28.2 Å². The van der Waals surface area contributed by atoms with Gasteiger partial charge in [-0.15, -0.1) is 0 Å². The second-order valence-corrected chi connectivity index (χ2v) is 8.70. The van der Waals surface area contributed by atoms with Gasteiger partial charge in [0, 0.05) is 41.7 Å². The Bertz CT molecular complexity index is 1330. The summed E-state index contributed by atoms with van der Waals surface area (Å²) >= 11 is 0. The lowest BCUT2D eigenvalue weighted by molar-refractivity contribution is 0.0748. The van der Waals surface area contributed by atoms with Crippen molar-refractivity contribution < 1.29 is 14.0 Å². The highest BCUT2D eigenvalue weighted by atomic mass is 19.1. The van der Waals surface area contributed by atoms with Crippen LogP contribution in [0.15, 0.2) is 54.9 Å². The van der Waals surface area contributed by atoms with Gasteiger partial charge in [-0.1, -0.05) is 39.0 Å². The SMILES string of the molecule is Cn1c(C(=O)NCc2ccccc2F)cc2ccc(-c3cnn(C(=O)C(C)(C)C)c3)nc21. The zero-order valence-electron chi connectivity index (χ0n) is 18.4. The van der Waals surface area contributed by atoms with Crippen molar-refractivity contribution in [3.8, 4) is 11.3 Å². The lowest BCUT2D eigenvalue weighted by Crippen LogP contribution is -2.26. The molecule has 0 atom stereocenters. The fraction of sp³-hybridized carbons (Fsp3) is 0.250. The molecule has 164 valence electrons. The van der Waals surface area contributed by atoms with Crippen molar-refractivity contribution in [2.75, 3.05) is 0 Å². The lowest BCUT2D eigenvalue weighted by Gasteiger charge is -2.15. The van der Waals surface area contributed by atoms with Gasteiger partial charge in [-0.05, 0) is 24.3 Å². The van der Waals surface area contributed by atoms with Crippen LogP contribution in [0.4, 0.5) is 4.39 Å². The number of nitrogens with one attached hydrogen (secondary N) is 1. The fourth-order valence-electron chi connectivity index (χ4n) is 3.39. The Balaban J connectivity index is 1.59. The molecule has 1 amide bonds. The third-order valence-corrected chi connectivity index (χ3v) is 5.23. The van der Waals surface area contributed by atoms with Crippen LogP contribution in [0.1, 0.15) is 41.6 Å². The Morgan fingerprint density at radius 3 is 2.59 bits per heavy atom. The number of nitrogens with zero attached hydrogens (tertiary/aromatic N) is 4. The van der Waals surface area contributed by atoms with Crippen molar-refractivity contribution in [3.05, 3.63) is 71.9 Å². The normalized spacial score (nSPS) is 11.7. The summed E-state index contributed by atoms with van der Waals surface area (Å²) in [5.41, 5.74) is 2.25. The van der Waals surface area contributed by atoms with Crippen molar-refractivity contribution >= 4 is 22.8 Å². The van der Waals surface area contributed by atoms with Crippen LogP contribution in [0, 0.1) is 11.2 Å². The number of benzene rings is 1. The summed E-state index contributed by atoms with van der Waals surface area (Å²) in [5.74, 6) is -0.793. The largest absolute Gasteiger partial charge is 0.347 e. The molecule has 0 aliphatic heterocycles. The minimum Gasteiger partial charge on any atom is -0.347 e. The average Bonchev–Trinajstić information content (AvgIpc) is 3.37. The minimum absolute atomic E-state index is 0.0900. The van der Waals surface area contributed by atoms with Crippen molar-refractivity contribution in [2.24, 2.45) is 12.5 Å². The van der Waals surface area contributed by atoms with Crippen molar-refractivity contribution in [1.29, 1.82) is 0 Å². The molecule has 0 bridgehead atoms. The number of halogens is 1. The molecule has 0 saturated heterocycles. The number of pyridine rings is 1. The van der Waals surface area contributed by atoms with Crippen LogP contribution >= 0.6 is 0 Å². The van der Waals surface area contributed by atoms with E-state index >= 15 is 0 Å². The summed E-state index contributed by atoms with van der Waals surface area (Å²) < 4.78 is 16.8. The molecule has 4 rings (SSSR count). The number of hydrogen-bond donors (Lipinski definition) is 1. The molecule has 3 aromatic heterocycles. The summed E-state index contributed by atoms with van der Waals surface area (Å²) in [4.78, 5) is 29.8. The first-order chi connectivity index (χ1) is 15.1. The van der Waals surface area contributed by atoms with Crippen molar-refractivity contribution in [2.45, 2.75) is 27.3 Å². The fourth-order valence-corrected chi connectivity index (χ4v) is 3.39. The molecule has 0 radical (unpaired) electrons. The molecular formula is C24H24FN5O2. The van der Waals surface area contributed by atoms with E-state index in [0.717, 1.165) is 5.39 Å². The first kappa shape index (κ1) is 21.4. The number of hydrogen-bond acceptors (Lipinski definition) is 4. The maximum absolute atomic E-state index is 13.8. The van der Waals surface area contributed by atoms with Gasteiger partial charge in [0.1, 0.15) is 17.2 Å². The van der Waals surface area contributed by atoms with Crippen LogP contribution in [-0.4, -0.2) is 31.1 Å². The Labute approximate surface area is 184 Å². The van der Waals surface area contributed by atoms with Crippen molar-refractivity contribution in [3.63, 3.8) is 0 Å². The number of carbonyl (C=O) groups excluding carboxylic acids is 2. The highest BCUT2D eigenvalue weighted by molar-refractivity contribution is 5.98. The lowest BCUT2D eigenvalue weighted by atomic mass is 9.96. The number of aromatic nitrogens is 4. The molecule has 3 heterocycles. The van der Waals surface area contributed by atoms with E-state index in [-0.39, 0.29) is 24.2 Å². The highest BCUT2D eigenvalue weighted by Crippen LogP contribution is 2.24. The standard InChI is InChI=1S/C24H24FN5O2/c1-24(2,3)23(32)30-14-17(13-27-30)19-10-9-15-11-20(29(4)21(15)28-19)22(31)26-12-16-7-5-6-8-18(16)25/h5-11,13-14H,12H2,1-4H3,(H,26,31). The predicted molar refractivity (Wildman–Crippen MR) is 120 cm³/mol. The van der Waals surface area contributed by atoms with Gasteiger partial charge in [-0.25, -0.2) is 14.1 Å². The summed E-state index contributed by atoms with van der Waals surface area (Å²) in [6.45, 7) is 5.60. The van der Waals surface area contributed by atoms with E-state index in [1.165, 1.54) is 10.7 Å². The van der Waals surface area contributed by atoms with Crippen LogP contribution in [0.2, 0.25) is 0 Å². The highest BCUT2D eigenvalue weighted by Gasteiger charge is 2.24. The second-order valence-electron chi connectivity index (χ2n) is 8.70. The molecule has 0 aliphatic carbocycles. The van der Waals surface area contributed by atoms with E-state index in [1.807, 2.05) is 32.9 Å². The van der Waals surface area contributed by atoms with E-state index < -0.39 is 5.41 Å². The predicted octanol–water partition coefficient (Wildman–Crippen LogP) is 4.19. The van der Waals surface area contributed by atoms with E-state index in [4.69, 9.17) is 0 Å². The molecule has 7 nitrogen and oxygen atoms in total. The molecule has 4 aromatic rings. The number of carbonyl (C=O) groups is 2. The van der Waals surface area contributed by atoms with Gasteiger partial charge in [0.15, 0.2) is 0 Å². The summed E-state index contributed by atoms with van der Waals surface area (Å²) in [6.07, 6.45) is 3.26. The van der Waals surface area contributed by atoms with Gasteiger partial charge < -0.3 is 9.88 Å². The molecule has 0 saturated carbocycles. The zero-order valence-corrected chi connectivity index (χ0v) is 18.4. The summed E-state index contributed by atoms with van der Waals surface area (Å²) in [7, 11) is 1.75. The van der Waals surface area contributed by atoms with Crippen LogP contribution in [0.3, 0.4) is 0 Å². The first-order valence-corrected chi connectivity index (χ1v) is 10.2. The van der Waals surface area contributed by atoms with Crippen molar-refractivity contribution in [1.82, 2.24) is 24.6 Å². The average molecular weight is 433 g/mol. The summed E-state index contributed by atoms with van der Waals surface area (Å²) in [5, 5.41) is 7.73. The molecular weight excluding hydrogens is 409 g/mol. The third-order valence-electron chi connectivity index (χ3n) is 5.23. The zero-order chi connectivity index (χ0) is 23.0. The van der Waals surface area contributed by atoms with Gasteiger partial charge >= 0.3 is 0 Å². The van der Waals surface area contributed by atoms with Gasteiger partial charge in [-0.3, -0.25) is 9.59 Å². The number of fused-ring (bicyclic) bond motifs is 1. The smallest absolute Gasteiger partial charge is 0.268 e. The Hall–Kier alpha value is -3.81. The maximum Gasteiger partial charge on any atom is 0.268 e. The molecule has 1 aromatic carbocycles. The summed E-state index contributed by atoms with van der Waals surface area (Å²) in [6, 6.07) is 11.8. The molecule has 1 N–H and O–H groups in total. The Morgan fingerprint density at radius 2 is 1.88 bits per heavy atom. The maximum atomic E-state index is 13.8. The van der Waals surface area contributed by atoms with E-state index in [1.54, 1.807) is 48.3 Å². The molecule has 0 aliphatic rings.